The van der Waals surface area contributed by atoms with Crippen molar-refractivity contribution < 1.29 is 5.11 Å². The van der Waals surface area contributed by atoms with Gasteiger partial charge in [-0.25, -0.2) is 4.98 Å². The molecule has 3 nitrogen and oxygen atoms in total. The van der Waals surface area contributed by atoms with Crippen LogP contribution >= 0.6 is 11.8 Å². The molecule has 0 saturated heterocycles. The molecule has 1 atom stereocenters. The number of aliphatic hydroxyl groups excluding tert-OH is 1. The highest BCUT2D eigenvalue weighted by Crippen LogP contribution is 2.35. The zero-order valence-electron chi connectivity index (χ0n) is 12.2. The standard InChI is InChI=1S/C17H22N2OS/c20-17(9-11-19-12-10-18-13-19)14-5-7-16(8-6-14)21-15-3-1-2-4-15/h5-8,10,12-13,15,17,20H,1-4,9,11H2. The van der Waals surface area contributed by atoms with Gasteiger partial charge in [-0.3, -0.25) is 0 Å². The minimum atomic E-state index is -0.405. The van der Waals surface area contributed by atoms with E-state index in [1.54, 1.807) is 12.5 Å². The summed E-state index contributed by atoms with van der Waals surface area (Å²) < 4.78 is 1.99. The molecule has 1 fully saturated rings. The van der Waals surface area contributed by atoms with Crippen LogP contribution in [0.25, 0.3) is 0 Å². The van der Waals surface area contributed by atoms with E-state index in [0.29, 0.717) is 6.42 Å². The van der Waals surface area contributed by atoms with Gasteiger partial charge in [-0.2, -0.15) is 0 Å². The molecular formula is C17H22N2OS. The molecule has 0 aliphatic heterocycles. The molecule has 1 heterocycles. The molecule has 1 aliphatic carbocycles. The van der Waals surface area contributed by atoms with Crippen LogP contribution in [0.4, 0.5) is 0 Å². The molecule has 0 spiro atoms. The quantitative estimate of drug-likeness (QED) is 0.875. The average molecular weight is 302 g/mol. The maximum absolute atomic E-state index is 10.3. The first kappa shape index (κ1) is 14.7. The number of hydrogen-bond donors (Lipinski definition) is 1. The van der Waals surface area contributed by atoms with Gasteiger partial charge in [0.05, 0.1) is 12.4 Å². The minimum Gasteiger partial charge on any atom is -0.388 e. The van der Waals surface area contributed by atoms with Crippen molar-refractivity contribution in [2.75, 3.05) is 0 Å². The maximum atomic E-state index is 10.3. The van der Waals surface area contributed by atoms with Gasteiger partial charge in [0, 0.05) is 29.1 Å². The summed E-state index contributed by atoms with van der Waals surface area (Å²) in [6.07, 6.45) is 11.2. The van der Waals surface area contributed by atoms with E-state index in [4.69, 9.17) is 0 Å². The topological polar surface area (TPSA) is 38.0 Å². The Labute approximate surface area is 130 Å². The normalized spacial score (nSPS) is 17.2. The van der Waals surface area contributed by atoms with Crippen molar-refractivity contribution in [1.29, 1.82) is 0 Å². The van der Waals surface area contributed by atoms with E-state index < -0.39 is 6.10 Å². The van der Waals surface area contributed by atoms with Crippen LogP contribution in [0.1, 0.15) is 43.8 Å². The fourth-order valence-corrected chi connectivity index (χ4v) is 4.07. The lowest BCUT2D eigenvalue weighted by atomic mass is 10.1. The van der Waals surface area contributed by atoms with Gasteiger partial charge in [-0.05, 0) is 37.0 Å². The number of hydrogen-bond acceptors (Lipinski definition) is 3. The number of thioether (sulfide) groups is 1. The molecule has 21 heavy (non-hydrogen) atoms. The Balaban J connectivity index is 1.52. The summed E-state index contributed by atoms with van der Waals surface area (Å²) in [5.74, 6) is 0. The lowest BCUT2D eigenvalue weighted by molar-refractivity contribution is 0.161. The number of benzene rings is 1. The zero-order valence-corrected chi connectivity index (χ0v) is 13.0. The van der Waals surface area contributed by atoms with Gasteiger partial charge in [0.25, 0.3) is 0 Å². The Morgan fingerprint density at radius 2 is 2.00 bits per heavy atom. The van der Waals surface area contributed by atoms with Crippen LogP contribution in [0.5, 0.6) is 0 Å². The Hall–Kier alpha value is -1.26. The first-order valence-electron chi connectivity index (χ1n) is 7.72. The highest BCUT2D eigenvalue weighted by Gasteiger charge is 2.16. The van der Waals surface area contributed by atoms with Crippen LogP contribution in [-0.4, -0.2) is 19.9 Å². The van der Waals surface area contributed by atoms with E-state index in [2.05, 4.69) is 29.2 Å². The van der Waals surface area contributed by atoms with Crippen LogP contribution in [-0.2, 0) is 6.54 Å². The Bertz CT molecular complexity index is 532. The second-order valence-corrected chi connectivity index (χ2v) is 7.07. The highest BCUT2D eigenvalue weighted by atomic mass is 32.2. The molecule has 3 rings (SSSR count). The van der Waals surface area contributed by atoms with Crippen molar-refractivity contribution in [1.82, 2.24) is 9.55 Å². The van der Waals surface area contributed by atoms with Crippen LogP contribution in [0.2, 0.25) is 0 Å². The first-order valence-corrected chi connectivity index (χ1v) is 8.59. The van der Waals surface area contributed by atoms with E-state index in [1.165, 1.54) is 30.6 Å². The molecule has 0 amide bonds. The summed E-state index contributed by atoms with van der Waals surface area (Å²) in [4.78, 5) is 5.34. The molecule has 1 unspecified atom stereocenters. The molecule has 2 aromatic rings. The Morgan fingerprint density at radius 3 is 2.67 bits per heavy atom. The zero-order chi connectivity index (χ0) is 14.5. The summed E-state index contributed by atoms with van der Waals surface area (Å²) in [7, 11) is 0. The van der Waals surface area contributed by atoms with Gasteiger partial charge in [0.1, 0.15) is 0 Å². The lowest BCUT2D eigenvalue weighted by Gasteiger charge is -2.13. The summed E-state index contributed by atoms with van der Waals surface area (Å²) in [5.41, 5.74) is 1.01. The van der Waals surface area contributed by atoms with Gasteiger partial charge in [-0.15, -0.1) is 11.8 Å². The second-order valence-electron chi connectivity index (χ2n) is 5.70. The first-order chi connectivity index (χ1) is 10.3. The number of rotatable bonds is 6. The van der Waals surface area contributed by atoms with Gasteiger partial charge in [-0.1, -0.05) is 25.0 Å². The highest BCUT2D eigenvalue weighted by molar-refractivity contribution is 8.00. The third kappa shape index (κ3) is 4.11. The number of aryl methyl sites for hydroxylation is 1. The minimum absolute atomic E-state index is 0.405. The second kappa shape index (κ2) is 7.14. The third-order valence-electron chi connectivity index (χ3n) is 4.09. The maximum Gasteiger partial charge on any atom is 0.0945 e. The van der Waals surface area contributed by atoms with Gasteiger partial charge in [0.15, 0.2) is 0 Å². The van der Waals surface area contributed by atoms with Crippen LogP contribution in [0, 0.1) is 0 Å². The van der Waals surface area contributed by atoms with Crippen molar-refractivity contribution >= 4 is 11.8 Å². The van der Waals surface area contributed by atoms with Crippen molar-refractivity contribution in [3.05, 3.63) is 48.5 Å². The SMILES string of the molecule is OC(CCn1ccnc1)c1ccc(SC2CCCC2)cc1. The van der Waals surface area contributed by atoms with Crippen molar-refractivity contribution in [3.8, 4) is 0 Å². The smallest absolute Gasteiger partial charge is 0.0945 e. The molecular weight excluding hydrogens is 280 g/mol. The average Bonchev–Trinajstić information content (AvgIpc) is 3.19. The predicted molar refractivity (Wildman–Crippen MR) is 86.4 cm³/mol. The summed E-state index contributed by atoms with van der Waals surface area (Å²) in [6, 6.07) is 8.43. The Morgan fingerprint density at radius 1 is 1.24 bits per heavy atom. The number of imidazole rings is 1. The molecule has 1 aromatic carbocycles. The molecule has 1 aliphatic rings. The number of aromatic nitrogens is 2. The summed E-state index contributed by atoms with van der Waals surface area (Å²) >= 11 is 1.99. The largest absolute Gasteiger partial charge is 0.388 e. The van der Waals surface area contributed by atoms with Gasteiger partial charge in [0.2, 0.25) is 0 Å². The summed E-state index contributed by atoms with van der Waals surface area (Å²) in [5, 5.41) is 11.0. The molecule has 4 heteroatoms. The Kier molecular flexibility index (Phi) is 4.99. The van der Waals surface area contributed by atoms with Crippen molar-refractivity contribution in [3.63, 3.8) is 0 Å². The number of nitrogens with zero attached hydrogens (tertiary/aromatic N) is 2. The van der Waals surface area contributed by atoms with E-state index in [-0.39, 0.29) is 0 Å². The van der Waals surface area contributed by atoms with E-state index in [9.17, 15) is 5.11 Å². The van der Waals surface area contributed by atoms with Crippen LogP contribution in [0.15, 0.2) is 47.9 Å². The van der Waals surface area contributed by atoms with Gasteiger partial charge >= 0.3 is 0 Å². The monoisotopic (exact) mass is 302 g/mol. The molecule has 112 valence electrons. The molecule has 1 N–H and O–H groups in total. The van der Waals surface area contributed by atoms with E-state index in [0.717, 1.165) is 17.4 Å². The van der Waals surface area contributed by atoms with Gasteiger partial charge < -0.3 is 9.67 Å². The molecule has 0 bridgehead atoms. The van der Waals surface area contributed by atoms with Crippen molar-refractivity contribution in [2.24, 2.45) is 0 Å². The summed E-state index contributed by atoms with van der Waals surface area (Å²) in [6.45, 7) is 0.791. The third-order valence-corrected chi connectivity index (χ3v) is 5.44. The fourth-order valence-electron chi connectivity index (χ4n) is 2.82. The van der Waals surface area contributed by atoms with Crippen molar-refractivity contribution in [2.45, 2.75) is 54.9 Å². The molecule has 1 saturated carbocycles. The van der Waals surface area contributed by atoms with Crippen LogP contribution in [0.3, 0.4) is 0 Å². The number of aliphatic hydroxyl groups is 1. The lowest BCUT2D eigenvalue weighted by Crippen LogP contribution is -2.03. The molecule has 0 radical (unpaired) electrons. The molecule has 1 aromatic heterocycles. The van der Waals surface area contributed by atoms with Crippen LogP contribution < -0.4 is 0 Å². The predicted octanol–water partition coefficient (Wildman–Crippen LogP) is 4.04. The van der Waals surface area contributed by atoms with E-state index in [1.807, 2.05) is 22.5 Å². The fraction of sp³-hybridized carbons (Fsp3) is 0.471. The van der Waals surface area contributed by atoms with E-state index >= 15 is 0 Å².